The van der Waals surface area contributed by atoms with Crippen molar-refractivity contribution in [3.05, 3.63) is 70.0 Å². The molecule has 6 heteroatoms. The van der Waals surface area contributed by atoms with Crippen LogP contribution in [0, 0.1) is 5.82 Å². The van der Waals surface area contributed by atoms with Crippen molar-refractivity contribution >= 4 is 49.9 Å². The van der Waals surface area contributed by atoms with Gasteiger partial charge in [-0.3, -0.25) is 4.79 Å². The normalized spacial score (nSPS) is 12.6. The Bertz CT molecular complexity index is 1070. The number of rotatable bonds is 3. The third kappa shape index (κ3) is 2.90. The molecule has 2 aromatic carbocycles. The van der Waals surface area contributed by atoms with Gasteiger partial charge in [-0.1, -0.05) is 29.8 Å². The maximum atomic E-state index is 13.4. The van der Waals surface area contributed by atoms with Gasteiger partial charge in [0.25, 0.3) is 5.91 Å². The number of thiophene rings is 1. The van der Waals surface area contributed by atoms with Crippen LogP contribution >= 0.6 is 22.9 Å². The number of carbonyl (C=O) groups excluding carboxylic acids is 1. The predicted molar refractivity (Wildman–Crippen MR) is 98.9 cm³/mol. The first-order valence-corrected chi connectivity index (χ1v) is 8.89. The summed E-state index contributed by atoms with van der Waals surface area (Å²) in [5.74, 6) is 0.00501. The smallest absolute Gasteiger partial charge is 0.263 e. The molecule has 0 saturated heterocycles. The highest BCUT2D eigenvalue weighted by molar-refractivity contribution is 7.21. The standard InChI is InChI=1S/C19H13ClFNO2S/c1-10(15-8-11-4-2-3-5-14(11)24-15)22-19(23)18-17(20)13-7-6-12(21)9-16(13)25-18/h2-10H,1H3,(H,22,23)/t10-/m0/s1. The van der Waals surface area contributed by atoms with Crippen LogP contribution < -0.4 is 5.32 Å². The van der Waals surface area contributed by atoms with Crippen LogP contribution in [0.5, 0.6) is 0 Å². The Labute approximate surface area is 152 Å². The molecule has 25 heavy (non-hydrogen) atoms. The fraction of sp³-hybridized carbons (Fsp3) is 0.105. The van der Waals surface area contributed by atoms with Crippen molar-refractivity contribution in [2.45, 2.75) is 13.0 Å². The molecule has 1 N–H and O–H groups in total. The monoisotopic (exact) mass is 373 g/mol. The molecule has 0 spiro atoms. The van der Waals surface area contributed by atoms with Gasteiger partial charge < -0.3 is 9.73 Å². The van der Waals surface area contributed by atoms with Crippen LogP contribution in [-0.2, 0) is 0 Å². The molecule has 0 saturated carbocycles. The first-order chi connectivity index (χ1) is 12.0. The molecule has 126 valence electrons. The Kier molecular flexibility index (Phi) is 3.98. The summed E-state index contributed by atoms with van der Waals surface area (Å²) in [5, 5.41) is 4.89. The number of para-hydroxylation sites is 1. The van der Waals surface area contributed by atoms with E-state index in [4.69, 9.17) is 16.0 Å². The first-order valence-electron chi connectivity index (χ1n) is 7.70. The Morgan fingerprint density at radius 3 is 2.84 bits per heavy atom. The average molecular weight is 374 g/mol. The molecular formula is C19H13ClFNO2S. The van der Waals surface area contributed by atoms with Crippen molar-refractivity contribution in [1.29, 1.82) is 0 Å². The number of fused-ring (bicyclic) bond motifs is 2. The van der Waals surface area contributed by atoms with Gasteiger partial charge in [0.05, 0.1) is 11.1 Å². The lowest BCUT2D eigenvalue weighted by Gasteiger charge is -2.10. The molecule has 2 aromatic heterocycles. The van der Waals surface area contributed by atoms with E-state index in [9.17, 15) is 9.18 Å². The Morgan fingerprint density at radius 1 is 1.24 bits per heavy atom. The van der Waals surface area contributed by atoms with Crippen LogP contribution in [0.25, 0.3) is 21.1 Å². The Morgan fingerprint density at radius 2 is 2.04 bits per heavy atom. The summed E-state index contributed by atoms with van der Waals surface area (Å²) in [7, 11) is 0. The molecule has 0 fully saturated rings. The topological polar surface area (TPSA) is 42.2 Å². The van der Waals surface area contributed by atoms with Crippen LogP contribution in [-0.4, -0.2) is 5.91 Å². The second-order valence-corrected chi connectivity index (χ2v) is 7.20. The molecule has 0 aliphatic carbocycles. The van der Waals surface area contributed by atoms with Gasteiger partial charge >= 0.3 is 0 Å². The summed E-state index contributed by atoms with van der Waals surface area (Å²) in [6.45, 7) is 1.84. The van der Waals surface area contributed by atoms with E-state index >= 15 is 0 Å². The lowest BCUT2D eigenvalue weighted by molar-refractivity contribution is 0.0940. The van der Waals surface area contributed by atoms with E-state index in [1.165, 1.54) is 23.5 Å². The van der Waals surface area contributed by atoms with Crippen LogP contribution in [0.4, 0.5) is 4.39 Å². The molecule has 4 rings (SSSR count). The number of halogens is 2. The van der Waals surface area contributed by atoms with Crippen LogP contribution in [0.15, 0.2) is 52.9 Å². The molecule has 0 aliphatic heterocycles. The third-order valence-electron chi connectivity index (χ3n) is 4.02. The number of carbonyl (C=O) groups is 1. The van der Waals surface area contributed by atoms with E-state index in [1.807, 2.05) is 37.3 Å². The minimum atomic E-state index is -0.354. The number of hydrogen-bond acceptors (Lipinski definition) is 3. The molecule has 1 atom stereocenters. The second kappa shape index (κ2) is 6.17. The van der Waals surface area contributed by atoms with Crippen LogP contribution in [0.3, 0.4) is 0 Å². The van der Waals surface area contributed by atoms with Crippen LogP contribution in [0.1, 0.15) is 28.4 Å². The highest BCUT2D eigenvalue weighted by atomic mass is 35.5. The predicted octanol–water partition coefficient (Wildman–Crippen LogP) is 5.93. The molecule has 2 heterocycles. The Hall–Kier alpha value is -2.37. The van der Waals surface area contributed by atoms with Crippen molar-refractivity contribution in [2.24, 2.45) is 0 Å². The molecule has 1 amide bonds. The number of amides is 1. The highest BCUT2D eigenvalue weighted by Gasteiger charge is 2.21. The van der Waals surface area contributed by atoms with Crippen molar-refractivity contribution < 1.29 is 13.6 Å². The lowest BCUT2D eigenvalue weighted by atomic mass is 10.2. The van der Waals surface area contributed by atoms with Gasteiger partial charge in [0.1, 0.15) is 22.0 Å². The quantitative estimate of drug-likeness (QED) is 0.483. The molecular weight excluding hydrogens is 361 g/mol. The lowest BCUT2D eigenvalue weighted by Crippen LogP contribution is -2.25. The maximum absolute atomic E-state index is 13.4. The van der Waals surface area contributed by atoms with Crippen molar-refractivity contribution in [1.82, 2.24) is 5.32 Å². The summed E-state index contributed by atoms with van der Waals surface area (Å²) in [5.41, 5.74) is 0.772. The van der Waals surface area contributed by atoms with E-state index in [0.717, 1.165) is 11.0 Å². The fourth-order valence-corrected chi connectivity index (χ4v) is 4.18. The van der Waals surface area contributed by atoms with E-state index in [0.29, 0.717) is 25.7 Å². The van der Waals surface area contributed by atoms with Crippen LogP contribution in [0.2, 0.25) is 5.02 Å². The van der Waals surface area contributed by atoms with Gasteiger partial charge in [0.2, 0.25) is 0 Å². The molecule has 3 nitrogen and oxygen atoms in total. The van der Waals surface area contributed by atoms with E-state index in [-0.39, 0.29) is 17.8 Å². The molecule has 0 unspecified atom stereocenters. The van der Waals surface area contributed by atoms with Gasteiger partial charge in [-0.15, -0.1) is 11.3 Å². The fourth-order valence-electron chi connectivity index (χ4n) is 2.73. The van der Waals surface area contributed by atoms with Crippen molar-refractivity contribution in [3.8, 4) is 0 Å². The zero-order valence-corrected chi connectivity index (χ0v) is 14.7. The zero-order valence-electron chi connectivity index (χ0n) is 13.2. The summed E-state index contributed by atoms with van der Waals surface area (Å²) in [4.78, 5) is 13.0. The van der Waals surface area contributed by atoms with Gasteiger partial charge in [-0.2, -0.15) is 0 Å². The third-order valence-corrected chi connectivity index (χ3v) is 5.67. The number of nitrogens with one attached hydrogen (secondary N) is 1. The van der Waals surface area contributed by atoms with E-state index in [1.54, 1.807) is 6.07 Å². The number of hydrogen-bond donors (Lipinski definition) is 1. The Balaban J connectivity index is 1.62. The van der Waals surface area contributed by atoms with Crippen molar-refractivity contribution in [3.63, 3.8) is 0 Å². The summed E-state index contributed by atoms with van der Waals surface area (Å²) in [6.07, 6.45) is 0. The van der Waals surface area contributed by atoms with Gasteiger partial charge in [-0.05, 0) is 37.3 Å². The van der Waals surface area contributed by atoms with Crippen molar-refractivity contribution in [2.75, 3.05) is 0 Å². The minimum Gasteiger partial charge on any atom is -0.459 e. The maximum Gasteiger partial charge on any atom is 0.263 e. The molecule has 0 bridgehead atoms. The summed E-state index contributed by atoms with van der Waals surface area (Å²) >= 11 is 7.48. The SMILES string of the molecule is C[C@H](NC(=O)c1sc2cc(F)ccc2c1Cl)c1cc2ccccc2o1. The first kappa shape index (κ1) is 16.1. The number of benzene rings is 2. The van der Waals surface area contributed by atoms with Gasteiger partial charge in [0.15, 0.2) is 0 Å². The molecule has 0 aliphatic rings. The summed E-state index contributed by atoms with van der Waals surface area (Å²) in [6, 6.07) is 13.5. The highest BCUT2D eigenvalue weighted by Crippen LogP contribution is 2.36. The van der Waals surface area contributed by atoms with E-state index in [2.05, 4.69) is 5.32 Å². The largest absolute Gasteiger partial charge is 0.459 e. The number of furan rings is 1. The van der Waals surface area contributed by atoms with Gasteiger partial charge in [-0.25, -0.2) is 4.39 Å². The minimum absolute atomic E-state index is 0.306. The average Bonchev–Trinajstić information content (AvgIpc) is 3.16. The zero-order chi connectivity index (χ0) is 17.6. The van der Waals surface area contributed by atoms with Gasteiger partial charge in [0, 0.05) is 15.5 Å². The van der Waals surface area contributed by atoms with E-state index < -0.39 is 0 Å². The molecule has 4 aromatic rings. The second-order valence-electron chi connectivity index (χ2n) is 5.77. The molecule has 0 radical (unpaired) electrons. The summed E-state index contributed by atoms with van der Waals surface area (Å²) < 4.78 is 19.8.